The van der Waals surface area contributed by atoms with Crippen LogP contribution in [0.15, 0.2) is 78.9 Å². The molecule has 0 saturated carbocycles. The Kier molecular flexibility index (Phi) is 5.68. The minimum Gasteiger partial charge on any atom is -0.467 e. The summed E-state index contributed by atoms with van der Waals surface area (Å²) in [7, 11) is 1.27. The van der Waals surface area contributed by atoms with E-state index in [1.54, 1.807) is 66.7 Å². The number of esters is 1. The molecule has 1 N–H and O–H groups in total. The third kappa shape index (κ3) is 3.33. The van der Waals surface area contributed by atoms with Crippen molar-refractivity contribution in [2.45, 2.75) is 11.6 Å². The van der Waals surface area contributed by atoms with Crippen LogP contribution in [0.1, 0.15) is 17.2 Å². The second kappa shape index (κ2) is 8.55. The van der Waals surface area contributed by atoms with Gasteiger partial charge in [0.1, 0.15) is 0 Å². The summed E-state index contributed by atoms with van der Waals surface area (Å²) in [4.78, 5) is 42.4. The number of ether oxygens (including phenoxy) is 1. The number of carbonyl (C=O) groups excluding carboxylic acids is 3. The molecule has 2 saturated heterocycles. The minimum absolute atomic E-state index is 0.394. The molecule has 34 heavy (non-hydrogen) atoms. The molecule has 5 rings (SSSR count). The number of halogens is 2. The second-order valence-electron chi connectivity index (χ2n) is 8.33. The Labute approximate surface area is 206 Å². The topological polar surface area (TPSA) is 75.7 Å². The summed E-state index contributed by atoms with van der Waals surface area (Å²) in [5.74, 6) is -3.42. The highest BCUT2D eigenvalue weighted by Gasteiger charge is 2.69. The van der Waals surface area contributed by atoms with Gasteiger partial charge in [-0.25, -0.2) is 9.69 Å². The molecule has 0 radical (unpaired) electrons. The van der Waals surface area contributed by atoms with Crippen LogP contribution in [0.5, 0.6) is 0 Å². The first-order valence-electron chi connectivity index (χ1n) is 10.7. The number of imide groups is 1. The van der Waals surface area contributed by atoms with E-state index in [-0.39, 0.29) is 0 Å². The quantitative estimate of drug-likeness (QED) is 0.426. The zero-order valence-corrected chi connectivity index (χ0v) is 19.6. The van der Waals surface area contributed by atoms with Crippen molar-refractivity contribution in [2.24, 2.45) is 11.8 Å². The van der Waals surface area contributed by atoms with Crippen molar-refractivity contribution < 1.29 is 19.1 Å². The number of methoxy groups -OCH3 is 1. The average Bonchev–Trinajstić information content (AvgIpc) is 3.34. The predicted octanol–water partition coefficient (Wildman–Crippen LogP) is 4.51. The van der Waals surface area contributed by atoms with E-state index in [2.05, 4.69) is 5.32 Å². The maximum atomic E-state index is 13.9. The average molecular weight is 495 g/mol. The van der Waals surface area contributed by atoms with Crippen LogP contribution in [-0.2, 0) is 24.7 Å². The first kappa shape index (κ1) is 22.6. The fourth-order valence-electron chi connectivity index (χ4n) is 5.17. The number of hydrogen-bond acceptors (Lipinski definition) is 5. The molecule has 6 nitrogen and oxygen atoms in total. The minimum atomic E-state index is -1.57. The van der Waals surface area contributed by atoms with Crippen molar-refractivity contribution in [2.75, 3.05) is 12.0 Å². The zero-order valence-electron chi connectivity index (χ0n) is 18.1. The summed E-state index contributed by atoms with van der Waals surface area (Å²) in [6, 6.07) is 21.7. The Morgan fingerprint density at radius 1 is 0.912 bits per heavy atom. The molecule has 172 valence electrons. The maximum absolute atomic E-state index is 13.9. The summed E-state index contributed by atoms with van der Waals surface area (Å²) in [6.45, 7) is 0. The Balaban J connectivity index is 1.73. The van der Waals surface area contributed by atoms with E-state index in [1.807, 2.05) is 12.1 Å². The summed E-state index contributed by atoms with van der Waals surface area (Å²) >= 11 is 12.3. The second-order valence-corrected chi connectivity index (χ2v) is 9.21. The number of anilines is 1. The van der Waals surface area contributed by atoms with E-state index in [9.17, 15) is 14.4 Å². The van der Waals surface area contributed by atoms with Gasteiger partial charge in [-0.2, -0.15) is 0 Å². The van der Waals surface area contributed by atoms with Crippen LogP contribution in [0.3, 0.4) is 0 Å². The van der Waals surface area contributed by atoms with Crippen molar-refractivity contribution in [3.8, 4) is 0 Å². The third-order valence-corrected chi connectivity index (χ3v) is 7.08. The molecule has 0 bridgehead atoms. The summed E-state index contributed by atoms with van der Waals surface area (Å²) in [5.41, 5.74) is 0.0657. The van der Waals surface area contributed by atoms with E-state index < -0.39 is 41.2 Å². The smallest absolute Gasteiger partial charge is 0.331 e. The van der Waals surface area contributed by atoms with Gasteiger partial charge >= 0.3 is 5.97 Å². The first-order chi connectivity index (χ1) is 16.4. The van der Waals surface area contributed by atoms with Crippen LogP contribution in [0.25, 0.3) is 0 Å². The third-order valence-electron chi connectivity index (χ3n) is 6.59. The van der Waals surface area contributed by atoms with Gasteiger partial charge in [0.15, 0.2) is 5.54 Å². The lowest BCUT2D eigenvalue weighted by Crippen LogP contribution is -2.53. The van der Waals surface area contributed by atoms with Crippen molar-refractivity contribution in [1.82, 2.24) is 5.32 Å². The molecule has 0 aromatic heterocycles. The van der Waals surface area contributed by atoms with Crippen molar-refractivity contribution in [3.05, 3.63) is 100 Å². The summed E-state index contributed by atoms with van der Waals surface area (Å²) in [5, 5.41) is 4.30. The SMILES string of the molecule is COC(=O)[C@@]1(c2ccccc2)N[C@@H](c2cccc(Cl)c2)[C@@H]2C(=O)N(c3ccc(Cl)cc3)C(=O)[C@@H]21. The standard InChI is InChI=1S/C26H20Cl2N2O4/c1-34-25(33)26(16-7-3-2-4-8-16)21-20(22(29-26)15-6-5-9-18(28)14-15)23(31)30(24(21)32)19-12-10-17(27)11-13-19/h2-14,20-22,29H,1H3/t20-,21-,22+,26+/m1/s1. The van der Waals surface area contributed by atoms with Crippen LogP contribution in [0.2, 0.25) is 10.0 Å². The molecule has 0 aliphatic carbocycles. The Morgan fingerprint density at radius 3 is 2.26 bits per heavy atom. The van der Waals surface area contributed by atoms with Gasteiger partial charge in [-0.15, -0.1) is 0 Å². The number of benzene rings is 3. The largest absolute Gasteiger partial charge is 0.467 e. The fraction of sp³-hybridized carbons (Fsp3) is 0.192. The monoisotopic (exact) mass is 494 g/mol. The van der Waals surface area contributed by atoms with Gasteiger partial charge in [-0.1, -0.05) is 65.7 Å². The normalized spacial score (nSPS) is 26.0. The van der Waals surface area contributed by atoms with Gasteiger partial charge in [-0.3, -0.25) is 14.9 Å². The number of nitrogens with one attached hydrogen (secondary N) is 1. The molecule has 0 spiro atoms. The van der Waals surface area contributed by atoms with Crippen LogP contribution < -0.4 is 10.2 Å². The first-order valence-corrected chi connectivity index (χ1v) is 11.4. The highest BCUT2D eigenvalue weighted by molar-refractivity contribution is 6.31. The van der Waals surface area contributed by atoms with Gasteiger partial charge in [-0.05, 0) is 47.5 Å². The van der Waals surface area contributed by atoms with Gasteiger partial charge < -0.3 is 4.74 Å². The molecule has 3 aromatic carbocycles. The summed E-state index contributed by atoms with van der Waals surface area (Å²) < 4.78 is 5.22. The molecule has 2 heterocycles. The number of nitrogens with zero attached hydrogens (tertiary/aromatic N) is 1. The van der Waals surface area contributed by atoms with Crippen molar-refractivity contribution in [3.63, 3.8) is 0 Å². The molecule has 2 aliphatic rings. The number of fused-ring (bicyclic) bond motifs is 1. The Hall–Kier alpha value is -3.19. The number of carbonyl (C=O) groups is 3. The van der Waals surface area contributed by atoms with Crippen LogP contribution >= 0.6 is 23.2 Å². The van der Waals surface area contributed by atoms with Crippen LogP contribution in [-0.4, -0.2) is 24.9 Å². The van der Waals surface area contributed by atoms with Gasteiger partial charge in [0.05, 0.1) is 24.6 Å². The fourth-order valence-corrected chi connectivity index (χ4v) is 5.50. The van der Waals surface area contributed by atoms with Gasteiger partial charge in [0.25, 0.3) is 0 Å². The van der Waals surface area contributed by atoms with Crippen molar-refractivity contribution in [1.29, 1.82) is 0 Å². The van der Waals surface area contributed by atoms with E-state index >= 15 is 0 Å². The highest BCUT2D eigenvalue weighted by Crippen LogP contribution is 2.54. The molecule has 0 unspecified atom stereocenters. The molecule has 2 amide bonds. The number of rotatable bonds is 4. The van der Waals surface area contributed by atoms with Gasteiger partial charge in [0, 0.05) is 16.1 Å². The molecule has 8 heteroatoms. The molecule has 4 atom stereocenters. The lowest BCUT2D eigenvalue weighted by Gasteiger charge is -2.33. The Morgan fingerprint density at radius 2 is 1.62 bits per heavy atom. The summed E-state index contributed by atoms with van der Waals surface area (Å²) in [6.07, 6.45) is 0. The lowest BCUT2D eigenvalue weighted by molar-refractivity contribution is -0.152. The van der Waals surface area contributed by atoms with E-state index in [4.69, 9.17) is 27.9 Å². The van der Waals surface area contributed by atoms with E-state index in [1.165, 1.54) is 7.11 Å². The van der Waals surface area contributed by atoms with E-state index in [0.29, 0.717) is 26.9 Å². The zero-order chi connectivity index (χ0) is 24.0. The van der Waals surface area contributed by atoms with E-state index in [0.717, 1.165) is 4.90 Å². The lowest BCUT2D eigenvalue weighted by atomic mass is 9.75. The van der Waals surface area contributed by atoms with Crippen LogP contribution in [0, 0.1) is 11.8 Å². The molecule has 2 fully saturated rings. The molecular formula is C26H20Cl2N2O4. The molecular weight excluding hydrogens is 475 g/mol. The Bertz CT molecular complexity index is 1280. The number of amides is 2. The molecule has 3 aromatic rings. The molecule has 2 aliphatic heterocycles. The van der Waals surface area contributed by atoms with Gasteiger partial charge in [0.2, 0.25) is 11.8 Å². The maximum Gasteiger partial charge on any atom is 0.331 e. The highest BCUT2D eigenvalue weighted by atomic mass is 35.5. The number of hydrogen-bond donors (Lipinski definition) is 1. The predicted molar refractivity (Wildman–Crippen MR) is 128 cm³/mol. The van der Waals surface area contributed by atoms with Crippen LogP contribution in [0.4, 0.5) is 5.69 Å². The van der Waals surface area contributed by atoms with Crippen molar-refractivity contribution >= 4 is 46.7 Å².